The molecule has 0 unspecified atom stereocenters. The maximum Gasteiger partial charge on any atom is 0.248 e. The van der Waals surface area contributed by atoms with Crippen LogP contribution in [-0.4, -0.2) is 33.4 Å². The van der Waals surface area contributed by atoms with Gasteiger partial charge in [0, 0.05) is 37.3 Å². The summed E-state index contributed by atoms with van der Waals surface area (Å²) in [5.41, 5.74) is 6.09. The summed E-state index contributed by atoms with van der Waals surface area (Å²) in [6, 6.07) is -0.130. The Labute approximate surface area is 166 Å². The van der Waals surface area contributed by atoms with Crippen LogP contribution in [0.1, 0.15) is 57.1 Å². The van der Waals surface area contributed by atoms with Gasteiger partial charge in [0.25, 0.3) is 0 Å². The largest absolute Gasteiger partial charge is 0.343 e. The minimum Gasteiger partial charge on any atom is -0.343 e. The molecule has 0 spiro atoms. The van der Waals surface area contributed by atoms with Crippen molar-refractivity contribution in [3.05, 3.63) is 18.3 Å². The maximum absolute atomic E-state index is 13.5. The highest BCUT2D eigenvalue weighted by Crippen LogP contribution is 2.43. The number of carbonyl (C=O) groups excluding carboxylic acids is 2. The summed E-state index contributed by atoms with van der Waals surface area (Å²) in [6.45, 7) is 5.35. The van der Waals surface area contributed by atoms with Gasteiger partial charge in [-0.15, -0.1) is 0 Å². The number of nitrogens with zero attached hydrogens (tertiary/aromatic N) is 3. The summed E-state index contributed by atoms with van der Waals surface area (Å²) in [6.07, 6.45) is 3.49. The molecular formula is C19H24F2N6O2. The SMILES string of the molecule is C=C1NC([C@@H]2CC[C@H]2C(=O)NNC(C)=O)=Nc2c1cnn2C1CCC(F)(F)CC1. The van der Waals surface area contributed by atoms with Gasteiger partial charge in [0.1, 0.15) is 5.84 Å². The van der Waals surface area contributed by atoms with Crippen LogP contribution in [-0.2, 0) is 9.59 Å². The monoisotopic (exact) mass is 406 g/mol. The molecule has 2 atom stereocenters. The standard InChI is InChI=1S/C19H24F2N6O2/c1-10-15-9-22-27(12-5-7-19(20,21)8-6-12)17(15)24-16(23-10)13-3-4-14(13)18(29)26-25-11(2)28/h9,12-14H,1,3-8H2,2H3,(H,23,24)(H,25,28)(H,26,29)/t13-,14-/m1/s1. The number of aromatic nitrogens is 2. The molecule has 1 aliphatic heterocycles. The van der Waals surface area contributed by atoms with Crippen molar-refractivity contribution in [1.29, 1.82) is 0 Å². The smallest absolute Gasteiger partial charge is 0.248 e. The van der Waals surface area contributed by atoms with Crippen molar-refractivity contribution in [1.82, 2.24) is 25.9 Å². The molecule has 2 saturated carbocycles. The highest BCUT2D eigenvalue weighted by molar-refractivity contribution is 6.01. The number of alkyl halides is 2. The van der Waals surface area contributed by atoms with Gasteiger partial charge in [0.2, 0.25) is 17.7 Å². The molecule has 10 heteroatoms. The lowest BCUT2D eigenvalue weighted by atomic mass is 9.72. The molecule has 156 valence electrons. The molecule has 0 saturated heterocycles. The van der Waals surface area contributed by atoms with Gasteiger partial charge in [0.05, 0.1) is 17.8 Å². The van der Waals surface area contributed by atoms with Crippen LogP contribution in [0.25, 0.3) is 5.70 Å². The molecular weight excluding hydrogens is 382 g/mol. The first-order valence-corrected chi connectivity index (χ1v) is 9.82. The predicted octanol–water partition coefficient (Wildman–Crippen LogP) is 2.43. The van der Waals surface area contributed by atoms with Crippen LogP contribution in [0.5, 0.6) is 0 Å². The van der Waals surface area contributed by atoms with E-state index in [9.17, 15) is 18.4 Å². The molecule has 0 radical (unpaired) electrons. The Morgan fingerprint density at radius 3 is 2.59 bits per heavy atom. The maximum atomic E-state index is 13.5. The van der Waals surface area contributed by atoms with E-state index in [1.165, 1.54) is 6.92 Å². The van der Waals surface area contributed by atoms with Crippen molar-refractivity contribution in [3.8, 4) is 0 Å². The van der Waals surface area contributed by atoms with Crippen LogP contribution < -0.4 is 16.2 Å². The summed E-state index contributed by atoms with van der Waals surface area (Å²) in [5.74, 6) is -2.43. The number of hydrazine groups is 1. The first kappa shape index (κ1) is 19.5. The highest BCUT2D eigenvalue weighted by Gasteiger charge is 2.42. The number of fused-ring (bicyclic) bond motifs is 1. The molecule has 2 amide bonds. The number of rotatable bonds is 3. The second-order valence-electron chi connectivity index (χ2n) is 7.97. The van der Waals surface area contributed by atoms with Crippen molar-refractivity contribution in [2.24, 2.45) is 16.8 Å². The van der Waals surface area contributed by atoms with Crippen LogP contribution in [0.2, 0.25) is 0 Å². The summed E-state index contributed by atoms with van der Waals surface area (Å²) < 4.78 is 28.8. The average molecular weight is 406 g/mol. The van der Waals surface area contributed by atoms with E-state index in [0.717, 1.165) is 12.0 Å². The molecule has 2 aliphatic carbocycles. The molecule has 2 fully saturated rings. The molecule has 1 aromatic heterocycles. The van der Waals surface area contributed by atoms with Crippen LogP contribution in [0, 0.1) is 11.8 Å². The predicted molar refractivity (Wildman–Crippen MR) is 102 cm³/mol. The van der Waals surface area contributed by atoms with Gasteiger partial charge in [-0.3, -0.25) is 20.4 Å². The van der Waals surface area contributed by atoms with E-state index in [-0.39, 0.29) is 42.5 Å². The summed E-state index contributed by atoms with van der Waals surface area (Å²) in [7, 11) is 0. The van der Waals surface area contributed by atoms with Crippen LogP contribution in [0.4, 0.5) is 14.6 Å². The van der Waals surface area contributed by atoms with E-state index in [1.807, 2.05) is 0 Å². The number of halogens is 2. The van der Waals surface area contributed by atoms with Crippen molar-refractivity contribution in [2.45, 2.75) is 57.4 Å². The minimum atomic E-state index is -2.61. The molecule has 2 heterocycles. The van der Waals surface area contributed by atoms with Crippen molar-refractivity contribution < 1.29 is 18.4 Å². The average Bonchev–Trinajstić information content (AvgIpc) is 3.03. The zero-order chi connectivity index (χ0) is 20.8. The topological polar surface area (TPSA) is 100 Å². The molecule has 29 heavy (non-hydrogen) atoms. The molecule has 1 aromatic rings. The number of amidine groups is 1. The Morgan fingerprint density at radius 2 is 1.97 bits per heavy atom. The fourth-order valence-corrected chi connectivity index (χ4v) is 4.14. The van der Waals surface area contributed by atoms with E-state index in [1.54, 1.807) is 10.9 Å². The third-order valence-corrected chi connectivity index (χ3v) is 5.96. The Kier molecular flexibility index (Phi) is 4.87. The van der Waals surface area contributed by atoms with Gasteiger partial charge in [-0.25, -0.2) is 18.5 Å². The van der Waals surface area contributed by atoms with E-state index < -0.39 is 5.92 Å². The Balaban J connectivity index is 1.54. The molecule has 3 N–H and O–H groups in total. The molecule has 4 rings (SSSR count). The number of hydrogen-bond acceptors (Lipinski definition) is 5. The minimum absolute atomic E-state index is 0.130. The Hall–Kier alpha value is -2.78. The van der Waals surface area contributed by atoms with Crippen molar-refractivity contribution >= 4 is 29.2 Å². The molecule has 3 aliphatic rings. The normalized spacial score (nSPS) is 25.9. The molecule has 0 bridgehead atoms. The number of carbonyl (C=O) groups is 2. The van der Waals surface area contributed by atoms with Gasteiger partial charge in [-0.1, -0.05) is 6.58 Å². The quantitative estimate of drug-likeness (QED) is 0.671. The van der Waals surface area contributed by atoms with Crippen molar-refractivity contribution in [3.63, 3.8) is 0 Å². The van der Waals surface area contributed by atoms with Crippen LogP contribution in [0.15, 0.2) is 17.8 Å². The number of aliphatic imine (C=N–C) groups is 1. The Morgan fingerprint density at radius 1 is 1.24 bits per heavy atom. The lowest BCUT2D eigenvalue weighted by Crippen LogP contribution is -2.51. The third kappa shape index (κ3) is 3.75. The van der Waals surface area contributed by atoms with Gasteiger partial charge in [-0.2, -0.15) is 5.10 Å². The second kappa shape index (κ2) is 7.23. The zero-order valence-electron chi connectivity index (χ0n) is 16.2. The fourth-order valence-electron chi connectivity index (χ4n) is 4.14. The number of nitrogens with one attached hydrogen (secondary N) is 3. The zero-order valence-corrected chi connectivity index (χ0v) is 16.2. The van der Waals surface area contributed by atoms with Crippen LogP contribution in [0.3, 0.4) is 0 Å². The third-order valence-electron chi connectivity index (χ3n) is 5.96. The summed E-state index contributed by atoms with van der Waals surface area (Å²) >= 11 is 0. The summed E-state index contributed by atoms with van der Waals surface area (Å²) in [5, 5.41) is 7.57. The Bertz CT molecular complexity index is 883. The number of amides is 2. The van der Waals surface area contributed by atoms with Gasteiger partial charge < -0.3 is 5.32 Å². The van der Waals surface area contributed by atoms with E-state index in [4.69, 9.17) is 4.99 Å². The second-order valence-corrected chi connectivity index (χ2v) is 7.97. The first-order chi connectivity index (χ1) is 13.7. The highest BCUT2D eigenvalue weighted by atomic mass is 19.3. The van der Waals surface area contributed by atoms with Gasteiger partial charge in [0.15, 0.2) is 5.82 Å². The molecule has 8 nitrogen and oxygen atoms in total. The summed E-state index contributed by atoms with van der Waals surface area (Å²) in [4.78, 5) is 28.0. The fraction of sp³-hybridized carbons (Fsp3) is 0.579. The van der Waals surface area contributed by atoms with E-state index in [0.29, 0.717) is 36.6 Å². The van der Waals surface area contributed by atoms with E-state index >= 15 is 0 Å². The number of hydrogen-bond donors (Lipinski definition) is 3. The van der Waals surface area contributed by atoms with Crippen molar-refractivity contribution in [2.75, 3.05) is 0 Å². The lowest BCUT2D eigenvalue weighted by Gasteiger charge is -2.37. The first-order valence-electron chi connectivity index (χ1n) is 9.82. The molecule has 0 aromatic carbocycles. The van der Waals surface area contributed by atoms with Gasteiger partial charge >= 0.3 is 0 Å². The van der Waals surface area contributed by atoms with Crippen LogP contribution >= 0.6 is 0 Å². The lowest BCUT2D eigenvalue weighted by molar-refractivity contribution is -0.133. The van der Waals surface area contributed by atoms with Gasteiger partial charge in [-0.05, 0) is 25.7 Å². The van der Waals surface area contributed by atoms with E-state index in [2.05, 4.69) is 27.8 Å².